The lowest BCUT2D eigenvalue weighted by Crippen LogP contribution is -2.53. The van der Waals surface area contributed by atoms with Crippen LogP contribution in [0.2, 0.25) is 0 Å². The van der Waals surface area contributed by atoms with E-state index in [0.29, 0.717) is 5.92 Å². The fourth-order valence-corrected chi connectivity index (χ4v) is 4.87. The SMILES string of the molecule is CCc1ccc(-c2nc(C)c(C(=O)NC3(C4CC4)CCOCC3)s2)cc1. The maximum Gasteiger partial charge on any atom is 0.263 e. The summed E-state index contributed by atoms with van der Waals surface area (Å²) in [5, 5.41) is 4.31. The maximum atomic E-state index is 13.0. The van der Waals surface area contributed by atoms with Crippen LogP contribution in [0.5, 0.6) is 0 Å². The second kappa shape index (κ2) is 7.12. The molecule has 2 fully saturated rings. The molecule has 0 bridgehead atoms. The zero-order valence-corrected chi connectivity index (χ0v) is 16.3. The van der Waals surface area contributed by atoms with Crippen LogP contribution in [0.25, 0.3) is 10.6 Å². The molecule has 1 saturated heterocycles. The fraction of sp³-hybridized carbons (Fsp3) is 0.524. The van der Waals surface area contributed by atoms with Crippen molar-refractivity contribution in [1.82, 2.24) is 10.3 Å². The summed E-state index contributed by atoms with van der Waals surface area (Å²) in [4.78, 5) is 18.4. The number of aromatic nitrogens is 1. The van der Waals surface area contributed by atoms with Gasteiger partial charge in [0.15, 0.2) is 0 Å². The predicted octanol–water partition coefficient (Wildman–Crippen LogP) is 4.37. The Labute approximate surface area is 159 Å². The molecule has 2 heterocycles. The van der Waals surface area contributed by atoms with Gasteiger partial charge in [-0.1, -0.05) is 31.2 Å². The van der Waals surface area contributed by atoms with Gasteiger partial charge in [0.05, 0.1) is 5.69 Å². The molecule has 1 aromatic carbocycles. The van der Waals surface area contributed by atoms with Crippen molar-refractivity contribution < 1.29 is 9.53 Å². The van der Waals surface area contributed by atoms with E-state index in [-0.39, 0.29) is 11.4 Å². The molecule has 138 valence electrons. The monoisotopic (exact) mass is 370 g/mol. The quantitative estimate of drug-likeness (QED) is 0.850. The molecule has 1 saturated carbocycles. The molecule has 4 nitrogen and oxygen atoms in total. The van der Waals surface area contributed by atoms with Gasteiger partial charge in [0.2, 0.25) is 0 Å². The molecular weight excluding hydrogens is 344 g/mol. The highest BCUT2D eigenvalue weighted by molar-refractivity contribution is 7.17. The van der Waals surface area contributed by atoms with Gasteiger partial charge >= 0.3 is 0 Å². The number of hydrogen-bond acceptors (Lipinski definition) is 4. The van der Waals surface area contributed by atoms with Crippen molar-refractivity contribution in [1.29, 1.82) is 0 Å². The molecule has 1 aliphatic heterocycles. The van der Waals surface area contributed by atoms with E-state index in [1.807, 2.05) is 6.92 Å². The standard InChI is InChI=1S/C21H26N2O2S/c1-3-15-4-6-16(7-5-15)20-22-14(2)18(26-20)19(24)23-21(17-8-9-17)10-12-25-13-11-21/h4-7,17H,3,8-13H2,1-2H3,(H,23,24). The van der Waals surface area contributed by atoms with Gasteiger partial charge in [-0.2, -0.15) is 0 Å². The van der Waals surface area contributed by atoms with Crippen LogP contribution in [0.1, 0.15) is 53.5 Å². The molecule has 1 aliphatic carbocycles. The van der Waals surface area contributed by atoms with E-state index in [2.05, 4.69) is 41.5 Å². The van der Waals surface area contributed by atoms with E-state index in [1.165, 1.54) is 29.7 Å². The average molecular weight is 371 g/mol. The molecule has 4 rings (SSSR count). The van der Waals surface area contributed by atoms with Crippen LogP contribution >= 0.6 is 11.3 Å². The van der Waals surface area contributed by atoms with Crippen LogP contribution in [-0.4, -0.2) is 29.6 Å². The Hall–Kier alpha value is -1.72. The summed E-state index contributed by atoms with van der Waals surface area (Å²) >= 11 is 1.50. The Morgan fingerprint density at radius 3 is 2.58 bits per heavy atom. The molecule has 26 heavy (non-hydrogen) atoms. The molecular formula is C21H26N2O2S. The smallest absolute Gasteiger partial charge is 0.263 e. The lowest BCUT2D eigenvalue weighted by atomic mass is 9.84. The first-order valence-corrected chi connectivity index (χ1v) is 10.4. The van der Waals surface area contributed by atoms with Crippen molar-refractivity contribution in [2.75, 3.05) is 13.2 Å². The number of carbonyl (C=O) groups is 1. The van der Waals surface area contributed by atoms with Crippen LogP contribution in [0.4, 0.5) is 0 Å². The van der Waals surface area contributed by atoms with Gasteiger partial charge in [-0.15, -0.1) is 11.3 Å². The molecule has 2 aromatic rings. The summed E-state index contributed by atoms with van der Waals surface area (Å²) in [6, 6.07) is 8.47. The first kappa shape index (κ1) is 17.7. The first-order chi connectivity index (χ1) is 12.6. The summed E-state index contributed by atoms with van der Waals surface area (Å²) in [6.45, 7) is 5.57. The Balaban J connectivity index is 1.55. The third-order valence-electron chi connectivity index (χ3n) is 5.72. The van der Waals surface area contributed by atoms with Gasteiger partial charge < -0.3 is 10.1 Å². The molecule has 0 atom stereocenters. The van der Waals surface area contributed by atoms with Gasteiger partial charge in [0, 0.05) is 24.3 Å². The van der Waals surface area contributed by atoms with Crippen molar-refractivity contribution in [3.8, 4) is 10.6 Å². The van der Waals surface area contributed by atoms with Crippen LogP contribution in [-0.2, 0) is 11.2 Å². The number of aryl methyl sites for hydroxylation is 2. The molecule has 1 N–H and O–H groups in total. The van der Waals surface area contributed by atoms with Crippen LogP contribution in [0.3, 0.4) is 0 Å². The van der Waals surface area contributed by atoms with E-state index >= 15 is 0 Å². The molecule has 1 aromatic heterocycles. The van der Waals surface area contributed by atoms with Crippen molar-refractivity contribution >= 4 is 17.2 Å². The lowest BCUT2D eigenvalue weighted by molar-refractivity contribution is 0.0277. The van der Waals surface area contributed by atoms with Crippen molar-refractivity contribution in [3.63, 3.8) is 0 Å². The lowest BCUT2D eigenvalue weighted by Gasteiger charge is -2.38. The van der Waals surface area contributed by atoms with E-state index in [1.54, 1.807) is 0 Å². The highest BCUT2D eigenvalue weighted by Gasteiger charge is 2.47. The number of hydrogen-bond donors (Lipinski definition) is 1. The van der Waals surface area contributed by atoms with Gasteiger partial charge in [-0.05, 0) is 50.5 Å². The summed E-state index contributed by atoms with van der Waals surface area (Å²) in [6.07, 6.45) is 5.31. The summed E-state index contributed by atoms with van der Waals surface area (Å²) in [7, 11) is 0. The van der Waals surface area contributed by atoms with E-state index in [0.717, 1.165) is 53.6 Å². The molecule has 5 heteroatoms. The second-order valence-electron chi connectivity index (χ2n) is 7.48. The largest absolute Gasteiger partial charge is 0.381 e. The molecule has 0 radical (unpaired) electrons. The van der Waals surface area contributed by atoms with Gasteiger partial charge in [-0.25, -0.2) is 4.98 Å². The maximum absolute atomic E-state index is 13.0. The van der Waals surface area contributed by atoms with Crippen LogP contribution < -0.4 is 5.32 Å². The highest BCUT2D eigenvalue weighted by atomic mass is 32.1. The van der Waals surface area contributed by atoms with Gasteiger partial charge in [0.1, 0.15) is 9.88 Å². The summed E-state index contributed by atoms with van der Waals surface area (Å²) < 4.78 is 5.53. The molecule has 2 aliphatic rings. The molecule has 0 unspecified atom stereocenters. The van der Waals surface area contributed by atoms with E-state index in [4.69, 9.17) is 4.74 Å². The minimum Gasteiger partial charge on any atom is -0.381 e. The summed E-state index contributed by atoms with van der Waals surface area (Å²) in [5.41, 5.74) is 3.14. The number of thiazole rings is 1. The van der Waals surface area contributed by atoms with Crippen LogP contribution in [0, 0.1) is 12.8 Å². The number of nitrogens with one attached hydrogen (secondary N) is 1. The normalized spacial score (nSPS) is 19.3. The average Bonchev–Trinajstić information content (AvgIpc) is 3.45. The Morgan fingerprint density at radius 2 is 1.96 bits per heavy atom. The second-order valence-corrected chi connectivity index (χ2v) is 8.48. The first-order valence-electron chi connectivity index (χ1n) is 9.58. The predicted molar refractivity (Wildman–Crippen MR) is 105 cm³/mol. The minimum atomic E-state index is -0.0747. The fourth-order valence-electron chi connectivity index (χ4n) is 3.90. The van der Waals surface area contributed by atoms with Crippen molar-refractivity contribution in [2.24, 2.45) is 5.92 Å². The number of amides is 1. The zero-order chi connectivity index (χ0) is 18.1. The van der Waals surface area contributed by atoms with E-state index < -0.39 is 0 Å². The number of benzene rings is 1. The highest BCUT2D eigenvalue weighted by Crippen LogP contribution is 2.45. The number of ether oxygens (including phenoxy) is 1. The Bertz CT molecular complexity index is 787. The van der Waals surface area contributed by atoms with Gasteiger partial charge in [0.25, 0.3) is 5.91 Å². The number of carbonyl (C=O) groups excluding carboxylic acids is 1. The summed E-state index contributed by atoms with van der Waals surface area (Å²) in [5.74, 6) is 0.648. The molecule has 0 spiro atoms. The zero-order valence-electron chi connectivity index (χ0n) is 15.5. The topological polar surface area (TPSA) is 51.2 Å². The van der Waals surface area contributed by atoms with Crippen molar-refractivity contribution in [2.45, 2.75) is 51.5 Å². The third kappa shape index (κ3) is 3.42. The third-order valence-corrected chi connectivity index (χ3v) is 6.92. The Kier molecular flexibility index (Phi) is 4.84. The molecule has 1 amide bonds. The van der Waals surface area contributed by atoms with Gasteiger partial charge in [-0.3, -0.25) is 4.79 Å². The number of nitrogens with zero attached hydrogens (tertiary/aromatic N) is 1. The van der Waals surface area contributed by atoms with Crippen molar-refractivity contribution in [3.05, 3.63) is 40.4 Å². The number of rotatable bonds is 5. The van der Waals surface area contributed by atoms with E-state index in [9.17, 15) is 4.79 Å². The Morgan fingerprint density at radius 1 is 1.27 bits per heavy atom. The minimum absolute atomic E-state index is 0.0326. The van der Waals surface area contributed by atoms with Crippen LogP contribution in [0.15, 0.2) is 24.3 Å².